The molecule has 1 aromatic heterocycles. The predicted octanol–water partition coefficient (Wildman–Crippen LogP) is 3.83. The van der Waals surface area contributed by atoms with E-state index in [1.54, 1.807) is 17.4 Å². The van der Waals surface area contributed by atoms with Gasteiger partial charge in [0.25, 0.3) is 0 Å². The maximum absolute atomic E-state index is 12.5. The minimum atomic E-state index is -3.61. The van der Waals surface area contributed by atoms with E-state index in [1.165, 1.54) is 22.2 Å². The van der Waals surface area contributed by atoms with E-state index in [0.29, 0.717) is 57.1 Å². The van der Waals surface area contributed by atoms with Gasteiger partial charge in [-0.1, -0.05) is 24.6 Å². The Hall–Kier alpha value is -2.62. The van der Waals surface area contributed by atoms with Gasteiger partial charge in [-0.25, -0.2) is 13.1 Å². The van der Waals surface area contributed by atoms with Crippen molar-refractivity contribution in [3.05, 3.63) is 53.4 Å². The summed E-state index contributed by atoms with van der Waals surface area (Å²) in [4.78, 5) is 12.3. The van der Waals surface area contributed by atoms with Crippen LogP contribution >= 0.6 is 11.3 Å². The van der Waals surface area contributed by atoms with Crippen molar-refractivity contribution in [1.29, 1.82) is 0 Å². The lowest BCUT2D eigenvalue weighted by atomic mass is 10.1. The molecule has 32 heavy (non-hydrogen) atoms. The van der Waals surface area contributed by atoms with Crippen molar-refractivity contribution in [3.63, 3.8) is 0 Å². The third-order valence-electron chi connectivity index (χ3n) is 5.23. The molecule has 1 amide bonds. The van der Waals surface area contributed by atoms with Gasteiger partial charge in [0, 0.05) is 30.3 Å². The summed E-state index contributed by atoms with van der Waals surface area (Å²) in [5, 5.41) is 6.24. The number of carbonyl (C=O) groups excluding carboxylic acids is 1. The van der Waals surface area contributed by atoms with Crippen LogP contribution < -0.4 is 19.5 Å². The average Bonchev–Trinajstić information content (AvgIpc) is 3.22. The second-order valence-electron chi connectivity index (χ2n) is 7.55. The maximum atomic E-state index is 12.5. The summed E-state index contributed by atoms with van der Waals surface area (Å²) in [5.74, 6) is 1.01. The van der Waals surface area contributed by atoms with Crippen LogP contribution in [-0.2, 0) is 21.4 Å². The van der Waals surface area contributed by atoms with Gasteiger partial charge in [-0.15, -0.1) is 11.3 Å². The number of fused-ring (bicyclic) bond motifs is 2. The van der Waals surface area contributed by atoms with Gasteiger partial charge in [0.05, 0.1) is 4.90 Å². The molecule has 0 atom stereocenters. The highest BCUT2D eigenvalue weighted by molar-refractivity contribution is 7.89. The Kier molecular flexibility index (Phi) is 7.29. The first-order chi connectivity index (χ1) is 15.5. The van der Waals surface area contributed by atoms with Crippen LogP contribution in [0.25, 0.3) is 10.1 Å². The molecule has 170 valence electrons. The number of nitrogens with one attached hydrogen (secondary N) is 2. The largest absolute Gasteiger partial charge is 0.486 e. The Morgan fingerprint density at radius 1 is 1.00 bits per heavy atom. The summed E-state index contributed by atoms with van der Waals surface area (Å²) >= 11 is 1.68. The van der Waals surface area contributed by atoms with E-state index < -0.39 is 10.0 Å². The number of amides is 1. The van der Waals surface area contributed by atoms with Crippen molar-refractivity contribution in [2.45, 2.75) is 37.1 Å². The molecule has 2 heterocycles. The van der Waals surface area contributed by atoms with E-state index in [-0.39, 0.29) is 10.8 Å². The van der Waals surface area contributed by atoms with Gasteiger partial charge in [-0.05, 0) is 47.4 Å². The smallest absolute Gasteiger partial charge is 0.240 e. The molecule has 1 aliphatic heterocycles. The molecule has 0 bridgehead atoms. The van der Waals surface area contributed by atoms with Crippen LogP contribution in [0.3, 0.4) is 0 Å². The summed E-state index contributed by atoms with van der Waals surface area (Å²) in [6.45, 7) is 1.71. The fraction of sp³-hybridized carbons (Fsp3) is 0.348. The molecule has 1 aliphatic rings. The molecule has 3 aromatic rings. The minimum absolute atomic E-state index is 0.0112. The van der Waals surface area contributed by atoms with E-state index in [2.05, 4.69) is 27.6 Å². The van der Waals surface area contributed by atoms with E-state index >= 15 is 0 Å². The number of hydrogen-bond donors (Lipinski definition) is 2. The first kappa shape index (κ1) is 22.6. The molecule has 0 radical (unpaired) electrons. The van der Waals surface area contributed by atoms with E-state index in [4.69, 9.17) is 9.47 Å². The van der Waals surface area contributed by atoms with Crippen molar-refractivity contribution >= 4 is 37.4 Å². The molecule has 0 fully saturated rings. The molecule has 4 rings (SSSR count). The lowest BCUT2D eigenvalue weighted by Gasteiger charge is -2.18. The van der Waals surface area contributed by atoms with E-state index in [1.807, 2.05) is 12.1 Å². The van der Waals surface area contributed by atoms with Gasteiger partial charge in [0.2, 0.25) is 15.9 Å². The maximum Gasteiger partial charge on any atom is 0.240 e. The highest BCUT2D eigenvalue weighted by atomic mass is 32.2. The van der Waals surface area contributed by atoms with Gasteiger partial charge < -0.3 is 14.8 Å². The molecule has 2 N–H and O–H groups in total. The van der Waals surface area contributed by atoms with Crippen molar-refractivity contribution in [1.82, 2.24) is 10.0 Å². The summed E-state index contributed by atoms with van der Waals surface area (Å²) in [5.41, 5.74) is 1.13. The number of rotatable bonds is 10. The number of unbranched alkanes of at least 4 members (excludes halogenated alkanes) is 2. The third kappa shape index (κ3) is 5.59. The van der Waals surface area contributed by atoms with Gasteiger partial charge in [-0.2, -0.15) is 0 Å². The zero-order chi connectivity index (χ0) is 22.4. The van der Waals surface area contributed by atoms with Crippen molar-refractivity contribution < 1.29 is 22.7 Å². The van der Waals surface area contributed by atoms with Gasteiger partial charge >= 0.3 is 0 Å². The second kappa shape index (κ2) is 10.3. The third-order valence-corrected chi connectivity index (χ3v) is 7.70. The molecule has 0 unspecified atom stereocenters. The van der Waals surface area contributed by atoms with Gasteiger partial charge in [0.1, 0.15) is 13.2 Å². The Labute approximate surface area is 191 Å². The number of sulfonamides is 1. The predicted molar refractivity (Wildman–Crippen MR) is 125 cm³/mol. The average molecular weight is 475 g/mol. The topological polar surface area (TPSA) is 93.7 Å². The molecule has 0 aliphatic carbocycles. The van der Waals surface area contributed by atoms with Crippen LogP contribution in [0.15, 0.2) is 52.7 Å². The molecular formula is C23H26N2O5S2. The molecule has 0 spiro atoms. The standard InChI is InChI=1S/C23H26N2O5S2/c26-23(24-15-17-16-31-22-7-4-3-6-19(17)22)8-2-1-5-11-25-32(27,28)18-9-10-20-21(14-18)30-13-12-29-20/h3-4,6-7,9-10,14,16,25H,1-2,5,8,11-13,15H2,(H,24,26). The van der Waals surface area contributed by atoms with Crippen LogP contribution in [0.4, 0.5) is 0 Å². The first-order valence-corrected chi connectivity index (χ1v) is 13.0. The number of hydrogen-bond acceptors (Lipinski definition) is 6. The Morgan fingerprint density at radius 2 is 1.81 bits per heavy atom. The number of carbonyl (C=O) groups is 1. The van der Waals surface area contributed by atoms with Crippen molar-refractivity contribution in [2.75, 3.05) is 19.8 Å². The monoisotopic (exact) mass is 474 g/mol. The SMILES string of the molecule is O=C(CCCCCNS(=O)(=O)c1ccc2c(c1)OCCO2)NCc1csc2ccccc12. The van der Waals surface area contributed by atoms with E-state index in [0.717, 1.165) is 12.0 Å². The fourth-order valence-corrected chi connectivity index (χ4v) is 5.57. The molecule has 9 heteroatoms. The Bertz CT molecular complexity index is 1190. The summed E-state index contributed by atoms with van der Waals surface area (Å²) in [6, 6.07) is 12.8. The molecule has 7 nitrogen and oxygen atoms in total. The zero-order valence-electron chi connectivity index (χ0n) is 17.6. The Balaban J connectivity index is 1.14. The number of benzene rings is 2. The summed E-state index contributed by atoms with van der Waals surface area (Å²) in [7, 11) is -3.61. The highest BCUT2D eigenvalue weighted by Gasteiger charge is 2.19. The van der Waals surface area contributed by atoms with E-state index in [9.17, 15) is 13.2 Å². The first-order valence-electron chi connectivity index (χ1n) is 10.6. The number of ether oxygens (including phenoxy) is 2. The summed E-state index contributed by atoms with van der Waals surface area (Å²) < 4.78 is 39.7. The normalized spacial score (nSPS) is 13.2. The number of thiophene rings is 1. The minimum Gasteiger partial charge on any atom is -0.486 e. The van der Waals surface area contributed by atoms with Crippen molar-refractivity contribution in [3.8, 4) is 11.5 Å². The fourth-order valence-electron chi connectivity index (χ4n) is 3.52. The Morgan fingerprint density at radius 3 is 2.69 bits per heavy atom. The van der Waals surface area contributed by atoms with Crippen LogP contribution in [0, 0.1) is 0 Å². The second-order valence-corrected chi connectivity index (χ2v) is 10.2. The molecule has 0 saturated carbocycles. The van der Waals surface area contributed by atoms with Gasteiger partial charge in [0.15, 0.2) is 11.5 Å². The molecular weight excluding hydrogens is 448 g/mol. The van der Waals surface area contributed by atoms with Crippen LogP contribution in [0.5, 0.6) is 11.5 Å². The lowest BCUT2D eigenvalue weighted by Crippen LogP contribution is -2.25. The quantitative estimate of drug-likeness (QED) is 0.436. The zero-order valence-corrected chi connectivity index (χ0v) is 19.3. The van der Waals surface area contributed by atoms with Crippen molar-refractivity contribution in [2.24, 2.45) is 0 Å². The lowest BCUT2D eigenvalue weighted by molar-refractivity contribution is -0.121. The highest BCUT2D eigenvalue weighted by Crippen LogP contribution is 2.32. The molecule has 2 aromatic carbocycles. The van der Waals surface area contributed by atoms with Crippen LogP contribution in [0.2, 0.25) is 0 Å². The van der Waals surface area contributed by atoms with Gasteiger partial charge in [-0.3, -0.25) is 4.79 Å². The van der Waals surface area contributed by atoms with Crippen LogP contribution in [0.1, 0.15) is 31.2 Å². The molecule has 0 saturated heterocycles. The van der Waals surface area contributed by atoms with Crippen LogP contribution in [-0.4, -0.2) is 34.1 Å². The summed E-state index contributed by atoms with van der Waals surface area (Å²) in [6.07, 6.45) is 2.56.